The van der Waals surface area contributed by atoms with Gasteiger partial charge in [0, 0.05) is 6.92 Å². The zero-order valence-corrected chi connectivity index (χ0v) is 11.3. The molecule has 0 unspecified atom stereocenters. The van der Waals surface area contributed by atoms with E-state index in [1.807, 2.05) is 13.8 Å². The molecule has 0 saturated heterocycles. The molecular weight excluding hydrogens is 230 g/mol. The van der Waals surface area contributed by atoms with Gasteiger partial charge in [0.1, 0.15) is 12.4 Å². The second-order valence-electron chi connectivity index (χ2n) is 2.66. The van der Waals surface area contributed by atoms with Gasteiger partial charge in [-0.15, -0.1) is 11.6 Å². The second kappa shape index (κ2) is 10.5. The van der Waals surface area contributed by atoms with Gasteiger partial charge in [-0.25, -0.2) is 0 Å². The predicted octanol–water partition coefficient (Wildman–Crippen LogP) is 3.74. The van der Waals surface area contributed by atoms with Gasteiger partial charge in [0.05, 0.1) is 16.4 Å². The van der Waals surface area contributed by atoms with Crippen LogP contribution in [0.5, 0.6) is 0 Å². The molecule has 0 atom stereocenters. The Kier molecular flexibility index (Phi) is 11.4. The molecule has 0 rings (SSSR count). The maximum Gasteiger partial charge on any atom is 0.249 e. The summed E-state index contributed by atoms with van der Waals surface area (Å²) in [5.74, 6) is 0.877. The van der Waals surface area contributed by atoms with Gasteiger partial charge in [-0.2, -0.15) is 0 Å². The molecule has 5 heteroatoms. The van der Waals surface area contributed by atoms with Gasteiger partial charge < -0.3 is 4.74 Å². The van der Waals surface area contributed by atoms with Crippen LogP contribution >= 0.6 is 11.6 Å². The molecule has 0 amide bonds. The second-order valence-corrected chi connectivity index (χ2v) is 3.04. The van der Waals surface area contributed by atoms with E-state index < -0.39 is 4.92 Å². The van der Waals surface area contributed by atoms with Gasteiger partial charge in [-0.1, -0.05) is 13.8 Å². The number of ether oxygens (including phenoxy) is 1. The molecule has 0 aromatic rings. The number of nitrogens with zero attached hydrogens (tertiary/aromatic N) is 1. The van der Waals surface area contributed by atoms with Crippen LogP contribution in [0.25, 0.3) is 0 Å². The largest absolute Gasteiger partial charge is 0.492 e. The van der Waals surface area contributed by atoms with Crippen LogP contribution in [0.3, 0.4) is 0 Å². The summed E-state index contributed by atoms with van der Waals surface area (Å²) < 4.78 is 5.24. The molecule has 0 aliphatic heterocycles. The molecule has 0 bridgehead atoms. The van der Waals surface area contributed by atoms with Crippen LogP contribution in [0.2, 0.25) is 0 Å². The summed E-state index contributed by atoms with van der Waals surface area (Å²) in [6, 6.07) is 0. The zero-order valence-electron chi connectivity index (χ0n) is 10.5. The normalized spacial score (nSPS) is 12.2. The van der Waals surface area contributed by atoms with E-state index >= 15 is 0 Å². The lowest BCUT2D eigenvalue weighted by atomic mass is 10.2. The fourth-order valence-corrected chi connectivity index (χ4v) is 0.949. The first-order chi connectivity index (χ1) is 7.54. The van der Waals surface area contributed by atoms with E-state index in [-0.39, 0.29) is 5.70 Å². The molecule has 0 spiro atoms. The van der Waals surface area contributed by atoms with Crippen molar-refractivity contribution in [3.05, 3.63) is 33.2 Å². The van der Waals surface area contributed by atoms with Crippen molar-refractivity contribution in [2.24, 2.45) is 0 Å². The monoisotopic (exact) mass is 249 g/mol. The highest BCUT2D eigenvalue weighted by atomic mass is 35.5. The lowest BCUT2D eigenvalue weighted by Crippen LogP contribution is -2.03. The quantitative estimate of drug-likeness (QED) is 0.245. The van der Waals surface area contributed by atoms with E-state index in [0.717, 1.165) is 0 Å². The summed E-state index contributed by atoms with van der Waals surface area (Å²) in [6.45, 7) is 9.22. The number of alkyl halides is 1. The lowest BCUT2D eigenvalue weighted by Gasteiger charge is -2.08. The molecule has 4 nitrogen and oxygen atoms in total. The van der Waals surface area contributed by atoms with E-state index in [4.69, 9.17) is 16.3 Å². The Morgan fingerprint density at radius 1 is 1.44 bits per heavy atom. The van der Waals surface area contributed by atoms with Gasteiger partial charge in [0.15, 0.2) is 0 Å². The molecule has 94 valence electrons. The molecule has 16 heavy (non-hydrogen) atoms. The molecule has 0 aliphatic carbocycles. The van der Waals surface area contributed by atoms with Crippen molar-refractivity contribution < 1.29 is 9.66 Å². The summed E-state index contributed by atoms with van der Waals surface area (Å²) in [4.78, 5) is 10.0. The van der Waals surface area contributed by atoms with Crippen molar-refractivity contribution in [2.45, 2.75) is 34.6 Å². The first-order valence-electron chi connectivity index (χ1n) is 5.21. The Hall–Kier alpha value is -1.03. The predicted molar refractivity (Wildman–Crippen MR) is 67.1 cm³/mol. The smallest absolute Gasteiger partial charge is 0.249 e. The number of halogens is 1. The minimum absolute atomic E-state index is 0.0904. The van der Waals surface area contributed by atoms with Gasteiger partial charge in [0.25, 0.3) is 0 Å². The fourth-order valence-electron chi connectivity index (χ4n) is 0.872. The highest BCUT2D eigenvalue weighted by Gasteiger charge is 2.12. The van der Waals surface area contributed by atoms with Gasteiger partial charge in [0.2, 0.25) is 5.70 Å². The molecule has 0 aromatic carbocycles. The van der Waals surface area contributed by atoms with Crippen LogP contribution in [0, 0.1) is 10.1 Å². The summed E-state index contributed by atoms with van der Waals surface area (Å²) in [5.41, 5.74) is 0.621. The van der Waals surface area contributed by atoms with Crippen LogP contribution in [0.15, 0.2) is 23.1 Å². The summed E-state index contributed by atoms with van der Waals surface area (Å²) in [5, 5.41) is 10.5. The standard InChI is InChI=1S/C9H14ClNO3.C2H6/c1-4-9(14-6-5-10)7(2)8(3)11(12)13;1-2/h4H,5-6H2,1-3H3;1-2H3/b8-7+,9-4+;. The summed E-state index contributed by atoms with van der Waals surface area (Å²) in [7, 11) is 0. The fraction of sp³-hybridized carbons (Fsp3) is 0.636. The van der Waals surface area contributed by atoms with Crippen molar-refractivity contribution >= 4 is 11.6 Å². The molecule has 0 aromatic heterocycles. The highest BCUT2D eigenvalue weighted by Crippen LogP contribution is 2.15. The molecule has 0 N–H and O–H groups in total. The van der Waals surface area contributed by atoms with Crippen LogP contribution in [0.4, 0.5) is 0 Å². The zero-order chi connectivity index (χ0) is 13.1. The van der Waals surface area contributed by atoms with Crippen molar-refractivity contribution in [1.29, 1.82) is 0 Å². The van der Waals surface area contributed by atoms with E-state index in [9.17, 15) is 10.1 Å². The average Bonchev–Trinajstić information content (AvgIpc) is 2.31. The highest BCUT2D eigenvalue weighted by molar-refractivity contribution is 6.17. The molecule has 0 heterocycles. The lowest BCUT2D eigenvalue weighted by molar-refractivity contribution is -0.425. The number of nitro groups is 1. The maximum absolute atomic E-state index is 10.5. The van der Waals surface area contributed by atoms with Crippen LogP contribution in [-0.2, 0) is 4.74 Å². The molecule has 0 saturated carbocycles. The molecule has 0 fully saturated rings. The number of rotatable bonds is 5. The molecule has 0 aliphatic rings. The Morgan fingerprint density at radius 2 is 1.94 bits per heavy atom. The van der Waals surface area contributed by atoms with Crippen molar-refractivity contribution in [1.82, 2.24) is 0 Å². The average molecular weight is 250 g/mol. The Labute approximate surface area is 102 Å². The third-order valence-corrected chi connectivity index (χ3v) is 1.94. The minimum Gasteiger partial charge on any atom is -0.492 e. The molecule has 0 radical (unpaired) electrons. The Morgan fingerprint density at radius 3 is 2.25 bits per heavy atom. The maximum atomic E-state index is 10.5. The third-order valence-electron chi connectivity index (χ3n) is 1.78. The summed E-state index contributed by atoms with van der Waals surface area (Å²) in [6.07, 6.45) is 1.69. The van der Waals surface area contributed by atoms with Gasteiger partial charge >= 0.3 is 0 Å². The van der Waals surface area contributed by atoms with E-state index in [2.05, 4.69) is 0 Å². The molecular formula is C11H20ClNO3. The SMILES string of the molecule is C/C=C(OCCCl)\C(C)=C(/C)[N+](=O)[O-].CC. The van der Waals surface area contributed by atoms with Gasteiger partial charge in [-0.3, -0.25) is 10.1 Å². The Bertz CT molecular complexity index is 272. The van der Waals surface area contributed by atoms with Gasteiger partial charge in [-0.05, 0) is 19.9 Å². The van der Waals surface area contributed by atoms with E-state index in [0.29, 0.717) is 23.8 Å². The first kappa shape index (κ1) is 17.4. The topological polar surface area (TPSA) is 52.4 Å². The summed E-state index contributed by atoms with van der Waals surface area (Å²) >= 11 is 5.45. The van der Waals surface area contributed by atoms with E-state index in [1.165, 1.54) is 6.92 Å². The first-order valence-corrected chi connectivity index (χ1v) is 5.75. The van der Waals surface area contributed by atoms with Crippen molar-refractivity contribution in [3.8, 4) is 0 Å². The van der Waals surface area contributed by atoms with Crippen LogP contribution < -0.4 is 0 Å². The Balaban J connectivity index is 0. The van der Waals surface area contributed by atoms with E-state index in [1.54, 1.807) is 19.9 Å². The minimum atomic E-state index is -0.428. The van der Waals surface area contributed by atoms with Crippen molar-refractivity contribution in [2.75, 3.05) is 12.5 Å². The third kappa shape index (κ3) is 6.45. The van der Waals surface area contributed by atoms with Crippen molar-refractivity contribution in [3.63, 3.8) is 0 Å². The number of allylic oxidation sites excluding steroid dienone is 3. The van der Waals surface area contributed by atoms with Crippen LogP contribution in [-0.4, -0.2) is 17.4 Å². The number of hydrogen-bond donors (Lipinski definition) is 0. The van der Waals surface area contributed by atoms with Crippen LogP contribution in [0.1, 0.15) is 34.6 Å². The number of hydrogen-bond acceptors (Lipinski definition) is 3.